The van der Waals surface area contributed by atoms with Crippen LogP contribution in [0.3, 0.4) is 0 Å². The normalized spacial score (nSPS) is 12.9. The van der Waals surface area contributed by atoms with Crippen molar-refractivity contribution in [2.45, 2.75) is 130 Å². The van der Waals surface area contributed by atoms with Gasteiger partial charge >= 0.3 is 62.6 Å². The Balaban J connectivity index is 0.000000313. The van der Waals surface area contributed by atoms with Crippen molar-refractivity contribution in [1.29, 1.82) is 0 Å². The van der Waals surface area contributed by atoms with Crippen molar-refractivity contribution in [3.05, 3.63) is 129 Å². The van der Waals surface area contributed by atoms with Crippen molar-refractivity contribution in [1.82, 2.24) is 0 Å². The first-order valence-corrected chi connectivity index (χ1v) is 29.7. The van der Waals surface area contributed by atoms with E-state index in [1.165, 1.54) is 0 Å². The summed E-state index contributed by atoms with van der Waals surface area (Å²) in [6.07, 6.45) is -15.1. The van der Waals surface area contributed by atoms with Gasteiger partial charge in [0.15, 0.2) is 0 Å². The quantitative estimate of drug-likeness (QED) is 0.0729. The first-order chi connectivity index (χ1) is 30.7. The van der Waals surface area contributed by atoms with Crippen LogP contribution in [0.5, 0.6) is 0 Å². The van der Waals surface area contributed by atoms with Gasteiger partial charge in [0.25, 0.3) is 0 Å². The van der Waals surface area contributed by atoms with E-state index in [4.69, 9.17) is 17.0 Å². The van der Waals surface area contributed by atoms with Crippen LogP contribution in [0.15, 0.2) is 84.9 Å². The molecule has 2 atom stereocenters. The topological polar surface area (TPSA) is 0 Å². The number of hydrogen-bond acceptors (Lipinski definition) is 0. The molecule has 0 N–H and O–H groups in total. The van der Waals surface area contributed by atoms with Gasteiger partial charge in [0.2, 0.25) is 0 Å². The van der Waals surface area contributed by atoms with Gasteiger partial charge in [0.05, 0.1) is 22.3 Å². The van der Waals surface area contributed by atoms with E-state index in [1.807, 2.05) is 90.1 Å². The second-order valence-electron chi connectivity index (χ2n) is 16.1. The summed E-state index contributed by atoms with van der Waals surface area (Å²) < 4.78 is 161. The summed E-state index contributed by atoms with van der Waals surface area (Å²) in [6.45, 7) is 16.3. The number of rotatable bonds is 10. The molecule has 0 aliphatic carbocycles. The minimum atomic E-state index is -4.87. The number of aryl methyl sites for hydroxylation is 2. The molecule has 0 nitrogen and oxygen atoms in total. The van der Waals surface area contributed by atoms with Crippen LogP contribution in [0.4, 0.5) is 52.7 Å². The Labute approximate surface area is 400 Å². The zero-order valence-corrected chi connectivity index (χ0v) is 42.7. The predicted octanol–water partition coefficient (Wildman–Crippen LogP) is 19.6. The van der Waals surface area contributed by atoms with Gasteiger partial charge < -0.3 is 0 Å². The summed E-state index contributed by atoms with van der Waals surface area (Å²) in [5.41, 5.74) is -0.781. The number of alkyl halides is 12. The molecule has 0 bridgehead atoms. The first kappa shape index (κ1) is 57.3. The van der Waals surface area contributed by atoms with Gasteiger partial charge in [-0.2, -0.15) is 64.8 Å². The zero-order chi connectivity index (χ0) is 49.9. The molecular formula is C50H52Cl2F12SiZr. The molecule has 6 rings (SSSR count). The monoisotopic (exact) mass is 1070 g/mol. The fourth-order valence-corrected chi connectivity index (χ4v) is 7.58. The Bertz CT molecular complexity index is 2240. The summed E-state index contributed by atoms with van der Waals surface area (Å²) in [7, 11) is 11.0. The van der Waals surface area contributed by atoms with Crippen LogP contribution in [-0.2, 0) is 58.4 Å². The zero-order valence-electron chi connectivity index (χ0n) is 37.8. The predicted molar refractivity (Wildman–Crippen MR) is 245 cm³/mol. The van der Waals surface area contributed by atoms with Gasteiger partial charge in [-0.25, -0.2) is 0 Å². The summed E-state index contributed by atoms with van der Waals surface area (Å²) in [4.78, 5) is 0. The first-order valence-electron chi connectivity index (χ1n) is 21.3. The average molecular weight is 1070 g/mol. The molecule has 358 valence electrons. The van der Waals surface area contributed by atoms with E-state index in [9.17, 15) is 52.7 Å². The van der Waals surface area contributed by atoms with Crippen LogP contribution in [0.25, 0.3) is 43.8 Å². The van der Waals surface area contributed by atoms with Crippen molar-refractivity contribution >= 4 is 48.1 Å². The minimum absolute atomic E-state index is 0.0486. The molecule has 2 unspecified atom stereocenters. The number of fused-ring (bicyclic) bond motifs is 2. The molecule has 0 saturated heterocycles. The molecule has 0 spiro atoms. The summed E-state index contributed by atoms with van der Waals surface area (Å²) >= 11 is -0.826. The fourth-order valence-electron chi connectivity index (χ4n) is 7.58. The standard InChI is InChI=1S/2C24H23F6.C2H6Si.2ClH.Zr/c2*1-4-6-15-7-8-16-9-17(14(3)5-2)12-21(16)22(15)18-10-19(23(25,26)27)13-20(11-18)24(28,29)30;1-3-2;;;/h2*7-14H,4-6H2,1-3H3;1-2H3;2*1H;/q2*-1;;;;+4/p-2. The molecule has 0 aromatic heterocycles. The van der Waals surface area contributed by atoms with Gasteiger partial charge in [-0.3, -0.25) is 0 Å². The van der Waals surface area contributed by atoms with E-state index in [2.05, 4.69) is 13.1 Å². The maximum absolute atomic E-state index is 13.4. The van der Waals surface area contributed by atoms with Crippen molar-refractivity contribution in [2.24, 2.45) is 0 Å². The number of hydrogen-bond donors (Lipinski definition) is 0. The Hall–Kier alpha value is -3.06. The third kappa shape index (κ3) is 15.0. The maximum atomic E-state index is 13.4. The van der Waals surface area contributed by atoms with Crippen molar-refractivity contribution < 1.29 is 73.5 Å². The third-order valence-corrected chi connectivity index (χ3v) is 11.2. The van der Waals surface area contributed by atoms with Gasteiger partial charge in [0.1, 0.15) is 0 Å². The van der Waals surface area contributed by atoms with Crippen molar-refractivity contribution in [2.75, 3.05) is 0 Å². The van der Waals surface area contributed by atoms with E-state index in [-0.39, 0.29) is 35.1 Å². The second-order valence-corrected chi connectivity index (χ2v) is 20.8. The number of halogens is 14. The van der Waals surface area contributed by atoms with E-state index < -0.39 is 67.8 Å². The molecule has 2 radical (unpaired) electrons. The molecular weight excluding hydrogens is 1020 g/mol. The second kappa shape index (κ2) is 24.5. The molecule has 0 amide bonds. The van der Waals surface area contributed by atoms with Gasteiger partial charge in [-0.15, -0.1) is 69.1 Å². The fraction of sp³-hybridized carbons (Fsp3) is 0.400. The molecule has 0 fully saturated rings. The van der Waals surface area contributed by atoms with E-state index >= 15 is 0 Å². The SMILES string of the molecule is CCCc1ccc2[cH-]c(C(C)CC)cc2c1-c1cc(C(F)(F)F)cc(C(F)(F)F)c1.CCCc1ccc2[cH-]c(C(C)CC)cc2c1-c1cc(C(F)(F)F)cc(C(F)(F)F)c1.C[Si]C.[Cl][Zr+2][Cl]. The van der Waals surface area contributed by atoms with E-state index in [1.54, 1.807) is 0 Å². The molecule has 66 heavy (non-hydrogen) atoms. The molecule has 6 aromatic rings. The van der Waals surface area contributed by atoms with Crippen LogP contribution >= 0.6 is 17.0 Å². The van der Waals surface area contributed by atoms with Crippen LogP contribution in [-0.4, -0.2) is 9.52 Å². The molecule has 0 aliphatic heterocycles. The van der Waals surface area contributed by atoms with Crippen LogP contribution in [0, 0.1) is 0 Å². The Kier molecular flexibility index (Phi) is 21.2. The Morgan fingerprint density at radius 2 is 0.773 bits per heavy atom. The Morgan fingerprint density at radius 1 is 0.500 bits per heavy atom. The average Bonchev–Trinajstić information content (AvgIpc) is 3.88. The van der Waals surface area contributed by atoms with Crippen molar-refractivity contribution in [3.63, 3.8) is 0 Å². The van der Waals surface area contributed by atoms with Crippen LogP contribution in [0.1, 0.15) is 124 Å². The van der Waals surface area contributed by atoms with Crippen molar-refractivity contribution in [3.8, 4) is 22.3 Å². The van der Waals surface area contributed by atoms with Gasteiger partial charge in [-0.05, 0) is 72.2 Å². The molecule has 0 saturated carbocycles. The Morgan fingerprint density at radius 3 is 1.00 bits per heavy atom. The van der Waals surface area contributed by atoms with E-state index in [0.29, 0.717) is 34.7 Å². The van der Waals surface area contributed by atoms with Crippen LogP contribution < -0.4 is 0 Å². The third-order valence-electron chi connectivity index (χ3n) is 11.2. The summed E-state index contributed by atoms with van der Waals surface area (Å²) in [5, 5.41) is 3.05. The van der Waals surface area contributed by atoms with Crippen LogP contribution in [0.2, 0.25) is 13.1 Å². The summed E-state index contributed by atoms with van der Waals surface area (Å²) in [6, 6.07) is 18.9. The molecule has 6 aromatic carbocycles. The molecule has 16 heteroatoms. The molecule has 0 heterocycles. The molecule has 0 aliphatic rings. The number of benzene rings is 4. The van der Waals surface area contributed by atoms with Gasteiger partial charge in [0, 0.05) is 9.52 Å². The summed E-state index contributed by atoms with van der Waals surface area (Å²) in [5.74, 6) is 0.485. The van der Waals surface area contributed by atoms with E-state index in [0.717, 1.165) is 92.5 Å². The van der Waals surface area contributed by atoms with Gasteiger partial charge in [-0.1, -0.05) is 103 Å².